The van der Waals surface area contributed by atoms with E-state index < -0.39 is 0 Å². The lowest BCUT2D eigenvalue weighted by atomic mass is 9.85. The number of rotatable bonds is 6. The fourth-order valence-electron chi connectivity index (χ4n) is 4.91. The lowest BCUT2D eigenvalue weighted by molar-refractivity contribution is 0.590. The van der Waals surface area contributed by atoms with E-state index in [4.69, 9.17) is 15.0 Å². The van der Waals surface area contributed by atoms with E-state index in [1.165, 1.54) is 5.56 Å². The van der Waals surface area contributed by atoms with Crippen LogP contribution in [-0.2, 0) is 5.41 Å². The Kier molecular flexibility index (Phi) is 7.13. The summed E-state index contributed by atoms with van der Waals surface area (Å²) in [6, 6.07) is 41.6. The van der Waals surface area contributed by atoms with Crippen molar-refractivity contribution in [2.75, 3.05) is 5.32 Å². The number of nitrogens with zero attached hydrogens (tertiary/aromatic N) is 3. The summed E-state index contributed by atoms with van der Waals surface area (Å²) in [5.41, 5.74) is 10.2. The summed E-state index contributed by atoms with van der Waals surface area (Å²) >= 11 is 0. The molecule has 0 bridgehead atoms. The summed E-state index contributed by atoms with van der Waals surface area (Å²) < 4.78 is 0. The smallest absolute Gasteiger partial charge is 0.139 e. The molecule has 0 radical (unpaired) electrons. The van der Waals surface area contributed by atoms with Crippen molar-refractivity contribution in [3.8, 4) is 44.9 Å². The van der Waals surface area contributed by atoms with Crippen LogP contribution in [0.15, 0.2) is 134 Å². The molecule has 3 heterocycles. The van der Waals surface area contributed by atoms with Crippen LogP contribution in [0.2, 0.25) is 0 Å². The molecule has 3 aromatic heterocycles. The SMILES string of the molecule is CC(C)(C)c1ccc(Nc2ncccc2-c2cccc(-c3ccccc3)n2)c(-c2cc(-c3ccccc3)ccn2)c1. The van der Waals surface area contributed by atoms with Crippen LogP contribution in [0.25, 0.3) is 44.9 Å². The second kappa shape index (κ2) is 11.2. The molecule has 0 amide bonds. The van der Waals surface area contributed by atoms with Crippen LogP contribution in [0, 0.1) is 0 Å². The Labute approximate surface area is 241 Å². The van der Waals surface area contributed by atoms with Gasteiger partial charge in [0.05, 0.1) is 17.1 Å². The van der Waals surface area contributed by atoms with E-state index in [1.54, 1.807) is 0 Å². The fourth-order valence-corrected chi connectivity index (χ4v) is 4.91. The van der Waals surface area contributed by atoms with Gasteiger partial charge < -0.3 is 5.32 Å². The van der Waals surface area contributed by atoms with Crippen LogP contribution in [0.5, 0.6) is 0 Å². The quantitative estimate of drug-likeness (QED) is 0.232. The molecule has 4 heteroatoms. The normalized spacial score (nSPS) is 11.3. The van der Waals surface area contributed by atoms with Crippen molar-refractivity contribution in [2.45, 2.75) is 26.2 Å². The fraction of sp³-hybridized carbons (Fsp3) is 0.108. The van der Waals surface area contributed by atoms with Crippen molar-refractivity contribution < 1.29 is 0 Å². The maximum atomic E-state index is 5.00. The Balaban J connectivity index is 1.43. The topological polar surface area (TPSA) is 50.7 Å². The van der Waals surface area contributed by atoms with Crippen LogP contribution >= 0.6 is 0 Å². The third-order valence-electron chi connectivity index (χ3n) is 7.18. The van der Waals surface area contributed by atoms with Gasteiger partial charge in [-0.05, 0) is 70.6 Å². The van der Waals surface area contributed by atoms with Gasteiger partial charge in [-0.2, -0.15) is 0 Å². The number of benzene rings is 3. The molecule has 200 valence electrons. The van der Waals surface area contributed by atoms with Crippen LogP contribution in [0.4, 0.5) is 11.5 Å². The average molecular weight is 533 g/mol. The first-order valence-corrected chi connectivity index (χ1v) is 13.9. The summed E-state index contributed by atoms with van der Waals surface area (Å²) in [4.78, 5) is 14.6. The van der Waals surface area contributed by atoms with Gasteiger partial charge in [0.25, 0.3) is 0 Å². The predicted molar refractivity (Wildman–Crippen MR) is 170 cm³/mol. The largest absolute Gasteiger partial charge is 0.339 e. The molecule has 1 N–H and O–H groups in total. The monoisotopic (exact) mass is 532 g/mol. The van der Waals surface area contributed by atoms with Gasteiger partial charge in [0.15, 0.2) is 0 Å². The summed E-state index contributed by atoms with van der Waals surface area (Å²) in [7, 11) is 0. The van der Waals surface area contributed by atoms with Gasteiger partial charge in [-0.3, -0.25) is 4.98 Å². The molecule has 0 saturated carbocycles. The Morgan fingerprint density at radius 3 is 2.00 bits per heavy atom. The van der Waals surface area contributed by atoms with Crippen LogP contribution in [0.3, 0.4) is 0 Å². The summed E-state index contributed by atoms with van der Waals surface area (Å²) in [5.74, 6) is 0.745. The van der Waals surface area contributed by atoms with Crippen molar-refractivity contribution >= 4 is 11.5 Å². The number of hydrogen-bond donors (Lipinski definition) is 1. The third kappa shape index (κ3) is 5.78. The summed E-state index contributed by atoms with van der Waals surface area (Å²) in [5, 5.41) is 3.64. The minimum Gasteiger partial charge on any atom is -0.339 e. The number of aromatic nitrogens is 3. The Hall–Kier alpha value is -5.09. The summed E-state index contributed by atoms with van der Waals surface area (Å²) in [6.07, 6.45) is 3.70. The van der Waals surface area contributed by atoms with Crippen molar-refractivity contribution in [3.05, 3.63) is 139 Å². The van der Waals surface area contributed by atoms with Crippen molar-refractivity contribution in [1.29, 1.82) is 0 Å². The Morgan fingerprint density at radius 1 is 0.512 bits per heavy atom. The lowest BCUT2D eigenvalue weighted by Crippen LogP contribution is -2.11. The molecule has 6 aromatic rings. The molecule has 0 atom stereocenters. The van der Waals surface area contributed by atoms with Crippen molar-refractivity contribution in [2.24, 2.45) is 0 Å². The second-order valence-corrected chi connectivity index (χ2v) is 11.1. The molecule has 0 aliphatic rings. The minimum atomic E-state index is -0.0116. The molecule has 4 nitrogen and oxygen atoms in total. The number of hydrogen-bond acceptors (Lipinski definition) is 4. The second-order valence-electron chi connectivity index (χ2n) is 11.1. The zero-order valence-corrected chi connectivity index (χ0v) is 23.5. The maximum absolute atomic E-state index is 5.00. The third-order valence-corrected chi connectivity index (χ3v) is 7.18. The molecule has 41 heavy (non-hydrogen) atoms. The van der Waals surface area contributed by atoms with E-state index in [2.05, 4.69) is 98.9 Å². The molecule has 0 saturated heterocycles. The predicted octanol–water partition coefficient (Wildman–Crippen LogP) is 9.58. The highest BCUT2D eigenvalue weighted by molar-refractivity contribution is 5.85. The van der Waals surface area contributed by atoms with Gasteiger partial charge in [0, 0.05) is 34.8 Å². The molecule has 0 aliphatic carbocycles. The van der Waals surface area contributed by atoms with E-state index in [1.807, 2.05) is 60.9 Å². The van der Waals surface area contributed by atoms with Gasteiger partial charge in [-0.1, -0.05) is 93.6 Å². The molecular formula is C37H32N4. The van der Waals surface area contributed by atoms with Crippen molar-refractivity contribution in [3.63, 3.8) is 0 Å². The molecule has 0 unspecified atom stereocenters. The zero-order valence-electron chi connectivity index (χ0n) is 23.5. The van der Waals surface area contributed by atoms with Gasteiger partial charge in [0.1, 0.15) is 5.82 Å². The van der Waals surface area contributed by atoms with Gasteiger partial charge in [0.2, 0.25) is 0 Å². The van der Waals surface area contributed by atoms with Gasteiger partial charge in [-0.25, -0.2) is 9.97 Å². The molecular weight excluding hydrogens is 500 g/mol. The van der Waals surface area contributed by atoms with Crippen LogP contribution in [-0.4, -0.2) is 15.0 Å². The first kappa shape index (κ1) is 26.1. The van der Waals surface area contributed by atoms with E-state index >= 15 is 0 Å². The number of anilines is 2. The highest BCUT2D eigenvalue weighted by Gasteiger charge is 2.19. The van der Waals surface area contributed by atoms with E-state index in [0.717, 1.165) is 56.4 Å². The minimum absolute atomic E-state index is 0.0116. The van der Waals surface area contributed by atoms with E-state index in [9.17, 15) is 0 Å². The number of pyridine rings is 3. The average Bonchev–Trinajstić information content (AvgIpc) is 3.02. The molecule has 6 rings (SSSR count). The molecule has 3 aromatic carbocycles. The van der Waals surface area contributed by atoms with E-state index in [0.29, 0.717) is 0 Å². The number of nitrogens with one attached hydrogen (secondary N) is 1. The van der Waals surface area contributed by atoms with Crippen LogP contribution in [0.1, 0.15) is 26.3 Å². The van der Waals surface area contributed by atoms with Crippen molar-refractivity contribution in [1.82, 2.24) is 15.0 Å². The highest BCUT2D eigenvalue weighted by Crippen LogP contribution is 2.37. The van der Waals surface area contributed by atoms with E-state index in [-0.39, 0.29) is 5.41 Å². The Morgan fingerprint density at radius 2 is 1.24 bits per heavy atom. The summed E-state index contributed by atoms with van der Waals surface area (Å²) in [6.45, 7) is 6.69. The first-order chi connectivity index (χ1) is 20.0. The highest BCUT2D eigenvalue weighted by atomic mass is 15.0. The maximum Gasteiger partial charge on any atom is 0.139 e. The lowest BCUT2D eigenvalue weighted by Gasteiger charge is -2.22. The Bertz CT molecular complexity index is 1790. The molecule has 0 spiro atoms. The van der Waals surface area contributed by atoms with Gasteiger partial charge in [-0.15, -0.1) is 0 Å². The zero-order chi connectivity index (χ0) is 28.2. The standard InChI is InChI=1S/C37H32N4/c1-37(2,3)29-19-20-34(31(25-29)35-24-28(21-23-38-35)26-12-6-4-7-13-26)41-36-30(16-11-22-39-36)33-18-10-17-32(40-33)27-14-8-5-9-15-27/h4-25H,1-3H3,(H,39,41). The molecule has 0 fully saturated rings. The van der Waals surface area contributed by atoms with Gasteiger partial charge >= 0.3 is 0 Å². The van der Waals surface area contributed by atoms with Crippen LogP contribution < -0.4 is 5.32 Å². The first-order valence-electron chi connectivity index (χ1n) is 13.9. The molecule has 0 aliphatic heterocycles.